The van der Waals surface area contributed by atoms with E-state index in [4.69, 9.17) is 4.42 Å². The lowest BCUT2D eigenvalue weighted by Gasteiger charge is -2.21. The normalized spacial score (nSPS) is 40.4. The maximum Gasteiger partial charge on any atom is 0.105 e. The van der Waals surface area contributed by atoms with Gasteiger partial charge in [0.25, 0.3) is 0 Å². The van der Waals surface area contributed by atoms with Gasteiger partial charge < -0.3 is 9.73 Å². The van der Waals surface area contributed by atoms with Crippen molar-refractivity contribution in [1.82, 2.24) is 5.32 Å². The number of hydrogen-bond acceptors (Lipinski definition) is 2. The van der Waals surface area contributed by atoms with Gasteiger partial charge in [-0.2, -0.15) is 0 Å². The van der Waals surface area contributed by atoms with Crippen molar-refractivity contribution in [2.24, 2.45) is 29.6 Å². The zero-order valence-corrected chi connectivity index (χ0v) is 11.8. The Balaban J connectivity index is 1.45. The molecule has 0 saturated heterocycles. The molecule has 1 N–H and O–H groups in total. The zero-order valence-electron chi connectivity index (χ0n) is 11.8. The van der Waals surface area contributed by atoms with Gasteiger partial charge in [-0.3, -0.25) is 0 Å². The highest BCUT2D eigenvalue weighted by molar-refractivity contribution is 5.17. The Bertz CT molecular complexity index is 410. The zero-order chi connectivity index (χ0) is 12.8. The summed E-state index contributed by atoms with van der Waals surface area (Å²) in [6, 6.07) is 4.81. The van der Waals surface area contributed by atoms with Gasteiger partial charge >= 0.3 is 0 Å². The molecule has 19 heavy (non-hydrogen) atoms. The highest BCUT2D eigenvalue weighted by Crippen LogP contribution is 2.70. The molecule has 104 valence electrons. The van der Waals surface area contributed by atoms with Crippen LogP contribution in [0.15, 0.2) is 22.8 Å². The van der Waals surface area contributed by atoms with Crippen molar-refractivity contribution in [2.75, 3.05) is 6.54 Å². The van der Waals surface area contributed by atoms with Gasteiger partial charge in [0.15, 0.2) is 0 Å². The fraction of sp³-hybridized carbons (Fsp3) is 0.765. The molecule has 3 saturated carbocycles. The van der Waals surface area contributed by atoms with Crippen LogP contribution in [0.4, 0.5) is 0 Å². The van der Waals surface area contributed by atoms with E-state index in [0.29, 0.717) is 6.04 Å². The summed E-state index contributed by atoms with van der Waals surface area (Å²) in [5.41, 5.74) is 0. The molecule has 1 aromatic heterocycles. The molecule has 5 unspecified atom stereocenters. The molecule has 3 aliphatic rings. The molecule has 0 radical (unpaired) electrons. The third-order valence-electron chi connectivity index (χ3n) is 5.92. The van der Waals surface area contributed by atoms with Crippen molar-refractivity contribution < 1.29 is 4.42 Å². The first-order chi connectivity index (χ1) is 9.38. The highest BCUT2D eigenvalue weighted by Gasteiger charge is 2.66. The fourth-order valence-electron chi connectivity index (χ4n) is 5.25. The van der Waals surface area contributed by atoms with Crippen LogP contribution in [0.25, 0.3) is 0 Å². The minimum atomic E-state index is 0.657. The lowest BCUT2D eigenvalue weighted by Crippen LogP contribution is -2.35. The van der Waals surface area contributed by atoms with E-state index in [1.165, 1.54) is 19.3 Å². The predicted molar refractivity (Wildman–Crippen MR) is 75.8 cm³/mol. The summed E-state index contributed by atoms with van der Waals surface area (Å²) in [6.45, 7) is 3.41. The van der Waals surface area contributed by atoms with Crippen LogP contribution in [-0.4, -0.2) is 12.6 Å². The average Bonchev–Trinajstić information content (AvgIpc) is 2.83. The van der Waals surface area contributed by atoms with Gasteiger partial charge in [-0.1, -0.05) is 6.92 Å². The second kappa shape index (κ2) is 4.66. The van der Waals surface area contributed by atoms with Crippen molar-refractivity contribution in [3.8, 4) is 0 Å². The summed E-state index contributed by atoms with van der Waals surface area (Å²) < 4.78 is 5.57. The molecule has 4 rings (SSSR count). The second-order valence-corrected chi connectivity index (χ2v) is 6.91. The Morgan fingerprint density at radius 3 is 2.74 bits per heavy atom. The van der Waals surface area contributed by atoms with Crippen LogP contribution >= 0.6 is 0 Å². The molecule has 0 aliphatic heterocycles. The Kier molecular flexibility index (Phi) is 2.95. The summed E-state index contributed by atoms with van der Waals surface area (Å²) in [4.78, 5) is 0. The van der Waals surface area contributed by atoms with Crippen LogP contribution in [0.5, 0.6) is 0 Å². The monoisotopic (exact) mass is 259 g/mol. The van der Waals surface area contributed by atoms with Crippen LogP contribution < -0.4 is 5.32 Å². The molecule has 0 aromatic carbocycles. The van der Waals surface area contributed by atoms with E-state index in [-0.39, 0.29) is 0 Å². The Morgan fingerprint density at radius 1 is 1.32 bits per heavy atom. The van der Waals surface area contributed by atoms with E-state index in [9.17, 15) is 0 Å². The quantitative estimate of drug-likeness (QED) is 0.846. The van der Waals surface area contributed by atoms with E-state index in [1.54, 1.807) is 6.42 Å². The van der Waals surface area contributed by atoms with E-state index in [1.807, 2.05) is 12.3 Å². The molecule has 5 atom stereocenters. The first-order valence-electron chi connectivity index (χ1n) is 8.14. The Labute approximate surface area is 116 Å². The summed E-state index contributed by atoms with van der Waals surface area (Å²) in [5, 5.41) is 3.81. The minimum Gasteiger partial charge on any atom is -0.469 e. The van der Waals surface area contributed by atoms with Crippen molar-refractivity contribution in [3.63, 3.8) is 0 Å². The van der Waals surface area contributed by atoms with Gasteiger partial charge in [0.2, 0.25) is 0 Å². The minimum absolute atomic E-state index is 0.657. The molecule has 3 aliphatic carbocycles. The van der Waals surface area contributed by atoms with E-state index < -0.39 is 0 Å². The van der Waals surface area contributed by atoms with Gasteiger partial charge in [-0.15, -0.1) is 0 Å². The van der Waals surface area contributed by atoms with Gasteiger partial charge in [0, 0.05) is 12.5 Å². The largest absolute Gasteiger partial charge is 0.469 e. The van der Waals surface area contributed by atoms with Gasteiger partial charge in [0.1, 0.15) is 5.76 Å². The summed E-state index contributed by atoms with van der Waals surface area (Å²) >= 11 is 0. The fourth-order valence-corrected chi connectivity index (χ4v) is 5.25. The predicted octanol–water partition coefficient (Wildman–Crippen LogP) is 3.48. The van der Waals surface area contributed by atoms with Crippen molar-refractivity contribution in [1.29, 1.82) is 0 Å². The van der Waals surface area contributed by atoms with Crippen molar-refractivity contribution >= 4 is 0 Å². The van der Waals surface area contributed by atoms with Crippen molar-refractivity contribution in [3.05, 3.63) is 24.2 Å². The van der Waals surface area contributed by atoms with E-state index in [0.717, 1.165) is 48.3 Å². The standard InChI is InChI=1S/C17H25NO/c1-2-7-18-14(10-13-4-3-8-19-13)17-15-11-5-6-12(9-11)16(15)17/h3-4,8,11-12,14-18H,2,5-7,9-10H2,1H3. The van der Waals surface area contributed by atoms with Crippen molar-refractivity contribution in [2.45, 2.75) is 45.1 Å². The van der Waals surface area contributed by atoms with Crippen LogP contribution in [0.2, 0.25) is 0 Å². The van der Waals surface area contributed by atoms with E-state index >= 15 is 0 Å². The summed E-state index contributed by atoms with van der Waals surface area (Å²) in [7, 11) is 0. The Morgan fingerprint density at radius 2 is 2.11 bits per heavy atom. The molecular weight excluding hydrogens is 234 g/mol. The molecule has 0 amide bonds. The smallest absolute Gasteiger partial charge is 0.105 e. The van der Waals surface area contributed by atoms with E-state index in [2.05, 4.69) is 18.3 Å². The molecule has 2 heteroatoms. The SMILES string of the molecule is CCCNC(Cc1ccco1)C1C2C3CCC(C3)C21. The van der Waals surface area contributed by atoms with Gasteiger partial charge in [0.05, 0.1) is 6.26 Å². The number of furan rings is 1. The van der Waals surface area contributed by atoms with Gasteiger partial charge in [-0.25, -0.2) is 0 Å². The molecule has 3 fully saturated rings. The summed E-state index contributed by atoms with van der Waals surface area (Å²) in [6.07, 6.45) is 8.71. The first kappa shape index (κ1) is 12.0. The maximum atomic E-state index is 5.57. The van der Waals surface area contributed by atoms with Crippen LogP contribution in [-0.2, 0) is 6.42 Å². The Hall–Kier alpha value is -0.760. The topological polar surface area (TPSA) is 25.2 Å². The first-order valence-corrected chi connectivity index (χ1v) is 8.14. The number of hydrogen-bond donors (Lipinski definition) is 1. The molecule has 0 spiro atoms. The number of fused-ring (bicyclic) bond motifs is 5. The third kappa shape index (κ3) is 1.96. The second-order valence-electron chi connectivity index (χ2n) is 6.91. The van der Waals surface area contributed by atoms with Gasteiger partial charge in [-0.05, 0) is 74.0 Å². The number of nitrogens with one attached hydrogen (secondary N) is 1. The van der Waals surface area contributed by atoms with Crippen LogP contribution in [0.3, 0.4) is 0 Å². The molecule has 1 aromatic rings. The third-order valence-corrected chi connectivity index (χ3v) is 5.92. The maximum absolute atomic E-state index is 5.57. The van der Waals surface area contributed by atoms with Crippen LogP contribution in [0, 0.1) is 29.6 Å². The molecular formula is C17H25NO. The average molecular weight is 259 g/mol. The molecule has 2 bridgehead atoms. The molecule has 1 heterocycles. The summed E-state index contributed by atoms with van der Waals surface area (Å²) in [5.74, 6) is 6.37. The van der Waals surface area contributed by atoms with Crippen LogP contribution in [0.1, 0.15) is 38.4 Å². The molecule has 2 nitrogen and oxygen atoms in total. The lowest BCUT2D eigenvalue weighted by molar-refractivity contribution is 0.344. The number of rotatable bonds is 6. The highest BCUT2D eigenvalue weighted by atomic mass is 16.3. The lowest BCUT2D eigenvalue weighted by atomic mass is 9.95.